The summed E-state index contributed by atoms with van der Waals surface area (Å²) in [5.74, 6) is -1.23. The fraction of sp³-hybridized carbons (Fsp3) is 0.471. The number of amides is 2. The van der Waals surface area contributed by atoms with Gasteiger partial charge in [0.1, 0.15) is 23.2 Å². The number of thioether (sulfide) groups is 1. The van der Waals surface area contributed by atoms with Crippen LogP contribution in [-0.2, 0) is 14.4 Å². The van der Waals surface area contributed by atoms with Gasteiger partial charge in [-0.25, -0.2) is 4.79 Å². The molecule has 27 heavy (non-hydrogen) atoms. The van der Waals surface area contributed by atoms with Crippen LogP contribution < -0.4 is 113 Å². The maximum Gasteiger partial charge on any atom is 1.00 e. The molecule has 10 heteroatoms. The first kappa shape index (κ1) is 26.1. The molecule has 2 fully saturated rings. The first-order chi connectivity index (χ1) is 11.7. The number of fused-ring (bicyclic) bond motifs is 1. The third kappa shape index (κ3) is 5.40. The van der Waals surface area contributed by atoms with Gasteiger partial charge in [-0.3, -0.25) is 9.59 Å². The fourth-order valence-electron chi connectivity index (χ4n) is 3.17. The monoisotopic (exact) mass is 444 g/mol. The second-order valence-electron chi connectivity index (χ2n) is 6.66. The van der Waals surface area contributed by atoms with Crippen molar-refractivity contribution in [3.05, 3.63) is 30.3 Å². The van der Waals surface area contributed by atoms with E-state index in [1.807, 2.05) is 6.07 Å². The van der Waals surface area contributed by atoms with Gasteiger partial charge in [-0.15, -0.1) is 11.8 Å². The molecule has 138 valence electrons. The number of hydrogen-bond acceptors (Lipinski definition) is 5. The van der Waals surface area contributed by atoms with E-state index >= 15 is 0 Å². The number of hydrogen-bond donors (Lipinski definition) is 2. The van der Waals surface area contributed by atoms with Crippen LogP contribution in [-0.4, -0.2) is 56.1 Å². The Hall–Kier alpha value is 1.05. The summed E-state index contributed by atoms with van der Waals surface area (Å²) >= 11 is 1.39. The van der Waals surface area contributed by atoms with Gasteiger partial charge < -0.3 is 22.9 Å². The van der Waals surface area contributed by atoms with Crippen LogP contribution in [0.3, 0.4) is 0 Å². The van der Waals surface area contributed by atoms with Crippen molar-refractivity contribution in [2.45, 2.75) is 49.1 Å². The smallest absolute Gasteiger partial charge is 1.00 e. The molecule has 2 saturated heterocycles. The molecule has 7 nitrogen and oxygen atoms in total. The molecule has 1 unspecified atom stereocenters. The molecule has 0 radical (unpaired) electrons. The number of aliphatic carboxylic acids is 1. The Labute approximate surface area is 250 Å². The molecule has 0 bridgehead atoms. The molecular weight excluding hydrogens is 422 g/mol. The number of benzene rings is 1. The number of para-hydroxylation sites is 1. The summed E-state index contributed by atoms with van der Waals surface area (Å²) in [6.45, 7) is 5.19. The maximum atomic E-state index is 12.4. The van der Waals surface area contributed by atoms with Gasteiger partial charge in [-0.2, -0.15) is 0 Å². The van der Waals surface area contributed by atoms with E-state index in [1.165, 1.54) is 16.7 Å². The Kier molecular flexibility index (Phi) is 10.0. The Morgan fingerprint density at radius 2 is 1.89 bits per heavy atom. The summed E-state index contributed by atoms with van der Waals surface area (Å²) < 4.78 is 4.94. The SMILES string of the molecule is CC(Oc1ccccc1)C(=O)N[C@@H]1C(=O)N2[C@@H]1SC(C)(C)[C@@H]2C(=O)O.[H-].[H-].[K+].[K+]. The van der Waals surface area contributed by atoms with Crippen molar-refractivity contribution < 1.29 is 130 Å². The van der Waals surface area contributed by atoms with Crippen LogP contribution in [0.4, 0.5) is 0 Å². The van der Waals surface area contributed by atoms with E-state index in [-0.39, 0.29) is 117 Å². The normalized spacial score (nSPS) is 25.8. The molecule has 0 aromatic heterocycles. The Bertz CT molecular complexity index is 729. The van der Waals surface area contributed by atoms with E-state index in [9.17, 15) is 19.5 Å². The molecule has 3 rings (SSSR count). The number of ether oxygens (including phenoxy) is 1. The quantitative estimate of drug-likeness (QED) is 0.350. The van der Waals surface area contributed by atoms with E-state index in [4.69, 9.17) is 4.74 Å². The maximum absolute atomic E-state index is 12.4. The summed E-state index contributed by atoms with van der Waals surface area (Å²) in [6, 6.07) is 7.33. The van der Waals surface area contributed by atoms with Crippen molar-refractivity contribution in [3.8, 4) is 5.75 Å². The molecule has 2 amide bonds. The molecule has 4 atom stereocenters. The average Bonchev–Trinajstić information content (AvgIpc) is 2.81. The van der Waals surface area contributed by atoms with Crippen molar-refractivity contribution in [2.75, 3.05) is 0 Å². The first-order valence-electron chi connectivity index (χ1n) is 7.97. The van der Waals surface area contributed by atoms with Crippen molar-refractivity contribution in [3.63, 3.8) is 0 Å². The number of carbonyl (C=O) groups excluding carboxylic acids is 2. The predicted molar refractivity (Wildman–Crippen MR) is 94.4 cm³/mol. The van der Waals surface area contributed by atoms with Gasteiger partial charge in [-0.05, 0) is 32.9 Å². The van der Waals surface area contributed by atoms with Gasteiger partial charge in [0.05, 0.1) is 0 Å². The minimum atomic E-state index is -1.03. The van der Waals surface area contributed by atoms with Crippen molar-refractivity contribution in [1.82, 2.24) is 10.2 Å². The average molecular weight is 445 g/mol. The topological polar surface area (TPSA) is 95.9 Å². The summed E-state index contributed by atoms with van der Waals surface area (Å²) in [5, 5.41) is 11.7. The Morgan fingerprint density at radius 1 is 1.30 bits per heavy atom. The van der Waals surface area contributed by atoms with E-state index in [0.29, 0.717) is 5.75 Å². The third-order valence-corrected chi connectivity index (χ3v) is 5.97. The summed E-state index contributed by atoms with van der Waals surface area (Å²) in [7, 11) is 0. The number of nitrogens with zero attached hydrogens (tertiary/aromatic N) is 1. The van der Waals surface area contributed by atoms with Crippen molar-refractivity contribution in [2.24, 2.45) is 0 Å². The second-order valence-corrected chi connectivity index (χ2v) is 8.43. The van der Waals surface area contributed by atoms with Crippen LogP contribution in [0.1, 0.15) is 23.6 Å². The zero-order valence-electron chi connectivity index (χ0n) is 18.1. The van der Waals surface area contributed by atoms with Crippen molar-refractivity contribution >= 4 is 29.5 Å². The Balaban J connectivity index is 0. The molecule has 1 aromatic rings. The fourth-order valence-corrected chi connectivity index (χ4v) is 4.80. The van der Waals surface area contributed by atoms with Crippen LogP contribution in [0.25, 0.3) is 0 Å². The third-order valence-electron chi connectivity index (χ3n) is 4.40. The summed E-state index contributed by atoms with van der Waals surface area (Å²) in [4.78, 5) is 37.5. The van der Waals surface area contributed by atoms with Gasteiger partial charge in [-0.1, -0.05) is 18.2 Å². The van der Waals surface area contributed by atoms with Gasteiger partial charge in [0, 0.05) is 4.75 Å². The molecule has 1 aromatic carbocycles. The van der Waals surface area contributed by atoms with Gasteiger partial charge in [0.25, 0.3) is 5.91 Å². The Morgan fingerprint density at radius 3 is 2.44 bits per heavy atom. The van der Waals surface area contributed by atoms with Crippen molar-refractivity contribution in [1.29, 1.82) is 0 Å². The minimum absolute atomic E-state index is 0. The van der Waals surface area contributed by atoms with E-state index in [1.54, 1.807) is 45.0 Å². The predicted octanol–water partition coefficient (Wildman–Crippen LogP) is -4.68. The van der Waals surface area contributed by atoms with E-state index in [2.05, 4.69) is 5.32 Å². The number of carbonyl (C=O) groups is 3. The van der Waals surface area contributed by atoms with Gasteiger partial charge in [0.15, 0.2) is 6.10 Å². The van der Waals surface area contributed by atoms with Gasteiger partial charge in [0.2, 0.25) is 5.91 Å². The van der Waals surface area contributed by atoms with E-state index in [0.717, 1.165) is 0 Å². The molecule has 0 spiro atoms. The molecule has 0 saturated carbocycles. The molecule has 2 heterocycles. The summed E-state index contributed by atoms with van der Waals surface area (Å²) in [5.41, 5.74) is 0. The zero-order chi connectivity index (χ0) is 18.4. The number of rotatable bonds is 5. The minimum Gasteiger partial charge on any atom is -1.00 e. The zero-order valence-corrected chi connectivity index (χ0v) is 23.2. The number of carboxylic acid groups (broad SMARTS) is 1. The molecule has 2 aliphatic heterocycles. The van der Waals surface area contributed by atoms with Crippen LogP contribution in [0, 0.1) is 0 Å². The number of carboxylic acids is 1. The number of β-lactam (4-membered cyclic amide) rings is 1. The summed E-state index contributed by atoms with van der Waals surface area (Å²) in [6.07, 6.45) is -0.765. The molecule has 2 aliphatic rings. The molecular formula is C17H22K2N2O5S. The van der Waals surface area contributed by atoms with Crippen LogP contribution >= 0.6 is 11.8 Å². The van der Waals surface area contributed by atoms with Crippen LogP contribution in [0.5, 0.6) is 5.75 Å². The van der Waals surface area contributed by atoms with Crippen LogP contribution in [0.15, 0.2) is 30.3 Å². The standard InChI is InChI=1S/C17H20N2O5S.2K.2H/c1-9(24-10-7-5-4-6-8-10)13(20)18-11-14(21)19-12(16(22)23)17(2,3)25-15(11)19;;;;/h4-9,11-12,15H,1-3H3,(H,18,20)(H,22,23);;;;/q;2*+1;2*-1/t9?,11-,12+,15-;;;;/m1..../s1. The molecule has 0 aliphatic carbocycles. The second kappa shape index (κ2) is 10.4. The molecule has 2 N–H and O–H groups in total. The van der Waals surface area contributed by atoms with Crippen LogP contribution in [0.2, 0.25) is 0 Å². The van der Waals surface area contributed by atoms with E-state index < -0.39 is 34.8 Å². The first-order valence-corrected chi connectivity index (χ1v) is 8.85. The number of nitrogens with one attached hydrogen (secondary N) is 1. The van der Waals surface area contributed by atoms with Gasteiger partial charge >= 0.3 is 109 Å². The largest absolute Gasteiger partial charge is 1.00 e.